The number of methoxy groups -OCH3 is 1. The molecule has 16 heavy (non-hydrogen) atoms. The summed E-state index contributed by atoms with van der Waals surface area (Å²) in [5.41, 5.74) is 0.678. The van der Waals surface area contributed by atoms with Gasteiger partial charge >= 0.3 is 0 Å². The van der Waals surface area contributed by atoms with Crippen LogP contribution >= 0.6 is 23.2 Å². The second-order valence-electron chi connectivity index (χ2n) is 3.96. The van der Waals surface area contributed by atoms with Crippen molar-refractivity contribution in [1.29, 1.82) is 0 Å². The lowest BCUT2D eigenvalue weighted by atomic mass is 9.99. The smallest absolute Gasteiger partial charge is 0.0808 e. The zero-order chi connectivity index (χ0) is 12.1. The van der Waals surface area contributed by atoms with Crippen molar-refractivity contribution in [2.75, 3.05) is 13.7 Å². The molecule has 0 aromatic heterocycles. The van der Waals surface area contributed by atoms with E-state index in [9.17, 15) is 5.11 Å². The Morgan fingerprint density at radius 1 is 1.38 bits per heavy atom. The van der Waals surface area contributed by atoms with Crippen LogP contribution in [-0.4, -0.2) is 18.8 Å². The van der Waals surface area contributed by atoms with Crippen LogP contribution in [0, 0.1) is 5.92 Å². The molecule has 0 aliphatic heterocycles. The SMILES string of the molecule is COCC(C)CC(O)c1cccc(Cl)c1Cl. The monoisotopic (exact) mass is 262 g/mol. The zero-order valence-electron chi connectivity index (χ0n) is 9.41. The Morgan fingerprint density at radius 3 is 2.69 bits per heavy atom. The predicted molar refractivity (Wildman–Crippen MR) is 67.1 cm³/mol. The Bertz CT molecular complexity index is 342. The number of ether oxygens (including phenoxy) is 1. The number of halogens is 2. The van der Waals surface area contributed by atoms with Crippen molar-refractivity contribution in [3.63, 3.8) is 0 Å². The summed E-state index contributed by atoms with van der Waals surface area (Å²) in [5, 5.41) is 10.9. The standard InChI is InChI=1S/C12H16Cl2O2/c1-8(7-16-2)6-11(15)9-4-3-5-10(13)12(9)14/h3-5,8,11,15H,6-7H2,1-2H3. The largest absolute Gasteiger partial charge is 0.388 e. The van der Waals surface area contributed by atoms with Crippen molar-refractivity contribution in [1.82, 2.24) is 0 Å². The molecule has 0 heterocycles. The lowest BCUT2D eigenvalue weighted by Crippen LogP contribution is -2.09. The second kappa shape index (κ2) is 6.45. The molecule has 0 aliphatic rings. The van der Waals surface area contributed by atoms with E-state index >= 15 is 0 Å². The van der Waals surface area contributed by atoms with Crippen LogP contribution in [0.2, 0.25) is 10.0 Å². The number of aliphatic hydroxyl groups is 1. The highest BCUT2D eigenvalue weighted by Gasteiger charge is 2.16. The van der Waals surface area contributed by atoms with Gasteiger partial charge in [0.15, 0.2) is 0 Å². The first-order valence-corrected chi connectivity index (χ1v) is 5.92. The predicted octanol–water partition coefficient (Wildman–Crippen LogP) is 3.70. The summed E-state index contributed by atoms with van der Waals surface area (Å²) in [6.45, 7) is 2.64. The van der Waals surface area contributed by atoms with Gasteiger partial charge in [-0.05, 0) is 18.4 Å². The van der Waals surface area contributed by atoms with E-state index in [0.29, 0.717) is 28.6 Å². The van der Waals surface area contributed by atoms with E-state index in [1.54, 1.807) is 25.3 Å². The Hall–Kier alpha value is -0.280. The van der Waals surface area contributed by atoms with Crippen LogP contribution in [0.15, 0.2) is 18.2 Å². The lowest BCUT2D eigenvalue weighted by Gasteiger charge is -2.17. The molecule has 0 fully saturated rings. The van der Waals surface area contributed by atoms with Crippen LogP contribution in [0.3, 0.4) is 0 Å². The molecule has 2 unspecified atom stereocenters. The molecule has 2 nitrogen and oxygen atoms in total. The van der Waals surface area contributed by atoms with Gasteiger partial charge in [0.05, 0.1) is 16.1 Å². The normalized spacial score (nSPS) is 14.8. The lowest BCUT2D eigenvalue weighted by molar-refractivity contribution is 0.102. The molecule has 1 aromatic carbocycles. The van der Waals surface area contributed by atoms with Crippen molar-refractivity contribution in [3.8, 4) is 0 Å². The molecule has 0 spiro atoms. The highest BCUT2D eigenvalue weighted by Crippen LogP contribution is 2.32. The van der Waals surface area contributed by atoms with Crippen LogP contribution in [0.5, 0.6) is 0 Å². The number of rotatable bonds is 5. The summed E-state index contributed by atoms with van der Waals surface area (Å²) < 4.78 is 5.02. The summed E-state index contributed by atoms with van der Waals surface area (Å²) >= 11 is 11.9. The first-order chi connectivity index (χ1) is 7.56. The summed E-state index contributed by atoms with van der Waals surface area (Å²) in [6, 6.07) is 5.28. The van der Waals surface area contributed by atoms with Gasteiger partial charge in [0.1, 0.15) is 0 Å². The Kier molecular flexibility index (Phi) is 5.56. The minimum atomic E-state index is -0.601. The van der Waals surface area contributed by atoms with Gasteiger partial charge < -0.3 is 9.84 Å². The van der Waals surface area contributed by atoms with E-state index in [0.717, 1.165) is 0 Å². The van der Waals surface area contributed by atoms with Gasteiger partial charge in [-0.2, -0.15) is 0 Å². The quantitative estimate of drug-likeness (QED) is 0.877. The average Bonchev–Trinajstić information content (AvgIpc) is 2.22. The molecule has 2 atom stereocenters. The molecule has 0 saturated carbocycles. The molecular formula is C12H16Cl2O2. The summed E-state index contributed by atoms with van der Waals surface area (Å²) in [5.74, 6) is 0.273. The first-order valence-electron chi connectivity index (χ1n) is 5.17. The van der Waals surface area contributed by atoms with Crippen molar-refractivity contribution in [3.05, 3.63) is 33.8 Å². The van der Waals surface area contributed by atoms with Crippen molar-refractivity contribution in [2.24, 2.45) is 5.92 Å². The minimum Gasteiger partial charge on any atom is -0.388 e. The third-order valence-corrected chi connectivity index (χ3v) is 3.25. The first kappa shape index (κ1) is 13.8. The second-order valence-corrected chi connectivity index (χ2v) is 4.74. The molecule has 4 heteroatoms. The summed E-state index contributed by atoms with van der Waals surface area (Å²) in [4.78, 5) is 0. The maximum atomic E-state index is 10.0. The fourth-order valence-electron chi connectivity index (χ4n) is 1.64. The molecule has 0 saturated heterocycles. The van der Waals surface area contributed by atoms with Crippen LogP contribution in [0.1, 0.15) is 25.0 Å². The van der Waals surface area contributed by atoms with Gasteiger partial charge in [-0.25, -0.2) is 0 Å². The van der Waals surface area contributed by atoms with Gasteiger partial charge in [0.2, 0.25) is 0 Å². The Balaban J connectivity index is 2.72. The van der Waals surface area contributed by atoms with Crippen LogP contribution < -0.4 is 0 Å². The maximum Gasteiger partial charge on any atom is 0.0808 e. The Labute approximate surface area is 106 Å². The van der Waals surface area contributed by atoms with E-state index < -0.39 is 6.10 Å². The molecule has 90 valence electrons. The van der Waals surface area contributed by atoms with Crippen molar-refractivity contribution >= 4 is 23.2 Å². The highest BCUT2D eigenvalue weighted by atomic mass is 35.5. The maximum absolute atomic E-state index is 10.0. The van der Waals surface area contributed by atoms with Crippen LogP contribution in [-0.2, 0) is 4.74 Å². The third kappa shape index (κ3) is 3.63. The van der Waals surface area contributed by atoms with Gasteiger partial charge in [-0.15, -0.1) is 0 Å². The van der Waals surface area contributed by atoms with E-state index in [-0.39, 0.29) is 5.92 Å². The van der Waals surface area contributed by atoms with Crippen LogP contribution in [0.4, 0.5) is 0 Å². The molecular weight excluding hydrogens is 247 g/mol. The van der Waals surface area contributed by atoms with Crippen molar-refractivity contribution < 1.29 is 9.84 Å². The molecule has 0 amide bonds. The summed E-state index contributed by atoms with van der Waals surface area (Å²) in [7, 11) is 1.65. The van der Waals surface area contributed by atoms with E-state index in [4.69, 9.17) is 27.9 Å². The minimum absolute atomic E-state index is 0.273. The van der Waals surface area contributed by atoms with E-state index in [1.165, 1.54) is 0 Å². The highest BCUT2D eigenvalue weighted by molar-refractivity contribution is 6.42. The van der Waals surface area contributed by atoms with Gasteiger partial charge in [-0.1, -0.05) is 42.3 Å². The third-order valence-electron chi connectivity index (χ3n) is 2.42. The number of benzene rings is 1. The summed E-state index contributed by atoms with van der Waals surface area (Å²) in [6.07, 6.45) is 0.00446. The fourth-order valence-corrected chi connectivity index (χ4v) is 2.07. The number of hydrogen-bond acceptors (Lipinski definition) is 2. The topological polar surface area (TPSA) is 29.5 Å². The molecule has 1 rings (SSSR count). The number of aliphatic hydroxyl groups excluding tert-OH is 1. The Morgan fingerprint density at radius 2 is 2.06 bits per heavy atom. The molecule has 1 N–H and O–H groups in total. The van der Waals surface area contributed by atoms with Crippen LogP contribution in [0.25, 0.3) is 0 Å². The number of hydrogen-bond donors (Lipinski definition) is 1. The average molecular weight is 263 g/mol. The fraction of sp³-hybridized carbons (Fsp3) is 0.500. The van der Waals surface area contributed by atoms with Gasteiger partial charge in [-0.3, -0.25) is 0 Å². The van der Waals surface area contributed by atoms with Gasteiger partial charge in [0, 0.05) is 19.3 Å². The van der Waals surface area contributed by atoms with E-state index in [1.807, 2.05) is 6.92 Å². The van der Waals surface area contributed by atoms with E-state index in [2.05, 4.69) is 0 Å². The zero-order valence-corrected chi connectivity index (χ0v) is 10.9. The van der Waals surface area contributed by atoms with Crippen molar-refractivity contribution in [2.45, 2.75) is 19.4 Å². The molecule has 0 bridgehead atoms. The van der Waals surface area contributed by atoms with Gasteiger partial charge in [0.25, 0.3) is 0 Å². The molecule has 0 radical (unpaired) electrons. The molecule has 0 aliphatic carbocycles. The molecule has 1 aromatic rings.